The van der Waals surface area contributed by atoms with Crippen molar-refractivity contribution in [1.29, 1.82) is 5.26 Å². The number of nitrogen functional groups attached to an aromatic ring is 1. The first-order valence-corrected chi connectivity index (χ1v) is 5.67. The molecule has 0 aliphatic rings. The molecular formula is C13H15N5. The van der Waals surface area contributed by atoms with Gasteiger partial charge in [-0.25, -0.2) is 0 Å². The fourth-order valence-electron chi connectivity index (χ4n) is 1.70. The minimum atomic E-state index is 0.324. The van der Waals surface area contributed by atoms with Crippen molar-refractivity contribution in [3.8, 4) is 6.07 Å². The van der Waals surface area contributed by atoms with Gasteiger partial charge in [0, 0.05) is 24.6 Å². The number of nitriles is 1. The molecular weight excluding hydrogens is 226 g/mol. The van der Waals surface area contributed by atoms with Gasteiger partial charge in [-0.2, -0.15) is 10.4 Å². The zero-order valence-corrected chi connectivity index (χ0v) is 10.2. The van der Waals surface area contributed by atoms with Gasteiger partial charge < -0.3 is 11.1 Å². The molecule has 0 saturated heterocycles. The van der Waals surface area contributed by atoms with Crippen molar-refractivity contribution in [2.75, 3.05) is 11.1 Å². The lowest BCUT2D eigenvalue weighted by Gasteiger charge is -2.08. The van der Waals surface area contributed by atoms with Crippen LogP contribution in [0, 0.1) is 11.3 Å². The van der Waals surface area contributed by atoms with Crippen LogP contribution in [0.3, 0.4) is 0 Å². The van der Waals surface area contributed by atoms with Crippen molar-refractivity contribution >= 4 is 11.4 Å². The van der Waals surface area contributed by atoms with Crippen LogP contribution >= 0.6 is 0 Å². The Morgan fingerprint density at radius 1 is 1.44 bits per heavy atom. The standard InChI is InChI=1S/C13H15N5/c1-18-7-5-12(17-18)9-16-11-2-3-13(15)10(8-11)4-6-14/h2-3,5,7-8,16H,4,9,15H2,1H3. The average Bonchev–Trinajstić information content (AvgIpc) is 2.76. The Morgan fingerprint density at radius 2 is 2.28 bits per heavy atom. The molecule has 0 saturated carbocycles. The second kappa shape index (κ2) is 5.23. The van der Waals surface area contributed by atoms with Crippen LogP contribution in [0.2, 0.25) is 0 Å². The first kappa shape index (κ1) is 12.0. The van der Waals surface area contributed by atoms with Gasteiger partial charge in [0.1, 0.15) is 0 Å². The molecule has 0 amide bonds. The van der Waals surface area contributed by atoms with Crippen molar-refractivity contribution in [1.82, 2.24) is 9.78 Å². The Bertz CT molecular complexity index is 579. The maximum absolute atomic E-state index is 8.71. The third kappa shape index (κ3) is 2.80. The summed E-state index contributed by atoms with van der Waals surface area (Å²) in [7, 11) is 1.89. The van der Waals surface area contributed by atoms with Gasteiger partial charge in [-0.3, -0.25) is 4.68 Å². The molecule has 2 rings (SSSR count). The van der Waals surface area contributed by atoms with E-state index in [0.29, 0.717) is 18.7 Å². The smallest absolute Gasteiger partial charge is 0.0815 e. The molecule has 0 fully saturated rings. The summed E-state index contributed by atoms with van der Waals surface area (Å²) in [5.74, 6) is 0. The molecule has 0 unspecified atom stereocenters. The molecule has 0 spiro atoms. The number of nitrogens with zero attached hydrogens (tertiary/aromatic N) is 3. The third-order valence-electron chi connectivity index (χ3n) is 2.65. The van der Waals surface area contributed by atoms with Gasteiger partial charge in [0.15, 0.2) is 0 Å². The molecule has 5 nitrogen and oxygen atoms in total. The highest BCUT2D eigenvalue weighted by Gasteiger charge is 2.02. The van der Waals surface area contributed by atoms with Gasteiger partial charge >= 0.3 is 0 Å². The highest BCUT2D eigenvalue weighted by molar-refractivity contribution is 5.58. The number of hydrogen-bond donors (Lipinski definition) is 2. The summed E-state index contributed by atoms with van der Waals surface area (Å²) in [6.45, 7) is 0.650. The van der Waals surface area contributed by atoms with Crippen LogP contribution < -0.4 is 11.1 Å². The Labute approximate surface area is 106 Å². The fourth-order valence-corrected chi connectivity index (χ4v) is 1.70. The van der Waals surface area contributed by atoms with Gasteiger partial charge in [0.05, 0.1) is 24.7 Å². The van der Waals surface area contributed by atoms with Crippen LogP contribution in [-0.4, -0.2) is 9.78 Å². The molecule has 2 aromatic rings. The number of anilines is 2. The van der Waals surface area contributed by atoms with E-state index in [9.17, 15) is 0 Å². The normalized spacial score (nSPS) is 10.0. The van der Waals surface area contributed by atoms with Crippen LogP contribution in [0.25, 0.3) is 0 Å². The molecule has 0 aliphatic carbocycles. The molecule has 5 heteroatoms. The van der Waals surface area contributed by atoms with Crippen LogP contribution in [-0.2, 0) is 20.0 Å². The van der Waals surface area contributed by atoms with Crippen molar-refractivity contribution < 1.29 is 0 Å². The van der Waals surface area contributed by atoms with E-state index < -0.39 is 0 Å². The topological polar surface area (TPSA) is 79.7 Å². The minimum absolute atomic E-state index is 0.324. The van der Waals surface area contributed by atoms with E-state index in [-0.39, 0.29) is 0 Å². The summed E-state index contributed by atoms with van der Waals surface area (Å²) in [4.78, 5) is 0. The molecule has 0 atom stereocenters. The molecule has 1 heterocycles. The molecule has 0 bridgehead atoms. The zero-order valence-electron chi connectivity index (χ0n) is 10.2. The summed E-state index contributed by atoms with van der Waals surface area (Å²) < 4.78 is 1.76. The van der Waals surface area contributed by atoms with Crippen LogP contribution in [0.5, 0.6) is 0 Å². The maximum Gasteiger partial charge on any atom is 0.0815 e. The van der Waals surface area contributed by atoms with Gasteiger partial charge in [-0.1, -0.05) is 0 Å². The number of nitrogens with two attached hydrogens (primary N) is 1. The predicted octanol–water partition coefficient (Wildman–Crippen LogP) is 1.68. The van der Waals surface area contributed by atoms with Crippen molar-refractivity contribution in [3.05, 3.63) is 41.7 Å². The lowest BCUT2D eigenvalue weighted by atomic mass is 10.1. The molecule has 3 N–H and O–H groups in total. The van der Waals surface area contributed by atoms with E-state index in [1.807, 2.05) is 37.5 Å². The van der Waals surface area contributed by atoms with Crippen LogP contribution in [0.1, 0.15) is 11.3 Å². The fraction of sp³-hybridized carbons (Fsp3) is 0.231. The summed E-state index contributed by atoms with van der Waals surface area (Å²) in [5.41, 5.74) is 9.21. The summed E-state index contributed by atoms with van der Waals surface area (Å²) in [6, 6.07) is 9.68. The van der Waals surface area contributed by atoms with E-state index >= 15 is 0 Å². The van der Waals surface area contributed by atoms with Gasteiger partial charge in [-0.15, -0.1) is 0 Å². The first-order valence-electron chi connectivity index (χ1n) is 5.67. The molecule has 1 aromatic heterocycles. The van der Waals surface area contributed by atoms with Crippen molar-refractivity contribution in [3.63, 3.8) is 0 Å². The van der Waals surface area contributed by atoms with E-state index in [0.717, 1.165) is 16.9 Å². The highest BCUT2D eigenvalue weighted by atomic mass is 15.3. The van der Waals surface area contributed by atoms with E-state index in [1.165, 1.54) is 0 Å². The molecule has 18 heavy (non-hydrogen) atoms. The Morgan fingerprint density at radius 3 is 2.94 bits per heavy atom. The highest BCUT2D eigenvalue weighted by Crippen LogP contribution is 2.18. The van der Waals surface area contributed by atoms with E-state index in [1.54, 1.807) is 4.68 Å². The zero-order chi connectivity index (χ0) is 13.0. The summed E-state index contributed by atoms with van der Waals surface area (Å²) in [6.07, 6.45) is 2.23. The monoisotopic (exact) mass is 241 g/mol. The quantitative estimate of drug-likeness (QED) is 0.798. The van der Waals surface area contributed by atoms with Gasteiger partial charge in [0.25, 0.3) is 0 Å². The van der Waals surface area contributed by atoms with Crippen LogP contribution in [0.4, 0.5) is 11.4 Å². The Hall–Kier alpha value is -2.48. The SMILES string of the molecule is Cn1ccc(CNc2ccc(N)c(CC#N)c2)n1. The molecule has 92 valence electrons. The number of nitrogens with one attached hydrogen (secondary N) is 1. The molecule has 0 aliphatic heterocycles. The Kier molecular flexibility index (Phi) is 3.49. The average molecular weight is 241 g/mol. The minimum Gasteiger partial charge on any atom is -0.398 e. The summed E-state index contributed by atoms with van der Waals surface area (Å²) >= 11 is 0. The number of aryl methyl sites for hydroxylation is 1. The summed E-state index contributed by atoms with van der Waals surface area (Å²) in [5, 5.41) is 16.2. The van der Waals surface area contributed by atoms with Gasteiger partial charge in [-0.05, 0) is 29.8 Å². The first-order chi connectivity index (χ1) is 8.69. The third-order valence-corrected chi connectivity index (χ3v) is 2.65. The molecule has 0 radical (unpaired) electrons. The van der Waals surface area contributed by atoms with E-state index in [4.69, 9.17) is 11.0 Å². The largest absolute Gasteiger partial charge is 0.398 e. The Balaban J connectivity index is 2.05. The number of benzene rings is 1. The lowest BCUT2D eigenvalue weighted by molar-refractivity contribution is 0.747. The number of aromatic nitrogens is 2. The van der Waals surface area contributed by atoms with Crippen molar-refractivity contribution in [2.24, 2.45) is 7.05 Å². The van der Waals surface area contributed by atoms with E-state index in [2.05, 4.69) is 16.5 Å². The second-order valence-electron chi connectivity index (χ2n) is 4.08. The number of hydrogen-bond acceptors (Lipinski definition) is 4. The number of rotatable bonds is 4. The maximum atomic E-state index is 8.71. The van der Waals surface area contributed by atoms with Crippen LogP contribution in [0.15, 0.2) is 30.5 Å². The molecule has 1 aromatic carbocycles. The van der Waals surface area contributed by atoms with Gasteiger partial charge in [0.2, 0.25) is 0 Å². The van der Waals surface area contributed by atoms with Crippen molar-refractivity contribution in [2.45, 2.75) is 13.0 Å². The lowest BCUT2D eigenvalue weighted by Crippen LogP contribution is -2.02. The second-order valence-corrected chi connectivity index (χ2v) is 4.08. The predicted molar refractivity (Wildman–Crippen MR) is 70.7 cm³/mol.